The zero-order valence-electron chi connectivity index (χ0n) is 17.1. The van der Waals surface area contributed by atoms with Crippen molar-refractivity contribution in [1.82, 2.24) is 0 Å². The van der Waals surface area contributed by atoms with Gasteiger partial charge in [0.25, 0.3) is 0 Å². The Morgan fingerprint density at radius 2 is 0.935 bits per heavy atom. The molecule has 31 heavy (non-hydrogen) atoms. The van der Waals surface area contributed by atoms with Crippen LogP contribution in [0.3, 0.4) is 0 Å². The molecule has 0 atom stereocenters. The number of para-hydroxylation sites is 2. The van der Waals surface area contributed by atoms with E-state index in [-0.39, 0.29) is 0 Å². The minimum absolute atomic E-state index is 1.15. The molecule has 0 aliphatic rings. The van der Waals surface area contributed by atoms with Gasteiger partial charge in [-0.3, -0.25) is 0 Å². The van der Waals surface area contributed by atoms with Crippen molar-refractivity contribution in [2.45, 2.75) is 0 Å². The summed E-state index contributed by atoms with van der Waals surface area (Å²) in [5.41, 5.74) is 3.49. The highest BCUT2D eigenvalue weighted by atomic mass is 15.1. The first-order valence-corrected chi connectivity index (χ1v) is 10.6. The topological polar surface area (TPSA) is 3.24 Å². The molecule has 0 saturated heterocycles. The Balaban J connectivity index is 1.72. The van der Waals surface area contributed by atoms with Gasteiger partial charge in [0, 0.05) is 16.8 Å². The molecular weight excluding hydrogens is 374 g/mol. The third-order valence-corrected chi connectivity index (χ3v) is 5.97. The number of fused-ring (bicyclic) bond motifs is 4. The first kappa shape index (κ1) is 17.7. The van der Waals surface area contributed by atoms with Gasteiger partial charge in [-0.05, 0) is 69.4 Å². The van der Waals surface area contributed by atoms with Crippen LogP contribution in [-0.4, -0.2) is 0 Å². The van der Waals surface area contributed by atoms with Crippen molar-refractivity contribution in [3.05, 3.63) is 127 Å². The Kier molecular flexibility index (Phi) is 4.18. The zero-order valence-corrected chi connectivity index (χ0v) is 17.1. The summed E-state index contributed by atoms with van der Waals surface area (Å²) in [4.78, 5) is 2.36. The van der Waals surface area contributed by atoms with E-state index in [4.69, 9.17) is 0 Å². The summed E-state index contributed by atoms with van der Waals surface area (Å²) in [6.07, 6.45) is 0. The predicted molar refractivity (Wildman–Crippen MR) is 134 cm³/mol. The molecule has 0 N–H and O–H groups in total. The Morgan fingerprint density at radius 3 is 1.61 bits per heavy atom. The second kappa shape index (κ2) is 7.30. The lowest BCUT2D eigenvalue weighted by Crippen LogP contribution is -2.10. The van der Waals surface area contributed by atoms with Crippen LogP contribution in [-0.2, 0) is 0 Å². The van der Waals surface area contributed by atoms with Crippen LogP contribution in [0, 0.1) is 0 Å². The van der Waals surface area contributed by atoms with Gasteiger partial charge in [-0.2, -0.15) is 0 Å². The van der Waals surface area contributed by atoms with Crippen molar-refractivity contribution in [2.75, 3.05) is 4.90 Å². The molecule has 0 saturated carbocycles. The van der Waals surface area contributed by atoms with Gasteiger partial charge in [0.15, 0.2) is 0 Å². The van der Waals surface area contributed by atoms with Gasteiger partial charge in [-0.25, -0.2) is 0 Å². The fourth-order valence-corrected chi connectivity index (χ4v) is 4.55. The number of hydrogen-bond acceptors (Lipinski definition) is 1. The van der Waals surface area contributed by atoms with Gasteiger partial charge >= 0.3 is 0 Å². The molecule has 0 unspecified atom stereocenters. The second-order valence-corrected chi connectivity index (χ2v) is 7.87. The van der Waals surface area contributed by atoms with Crippen LogP contribution in [0.2, 0.25) is 0 Å². The van der Waals surface area contributed by atoms with Crippen molar-refractivity contribution >= 4 is 49.4 Å². The highest BCUT2D eigenvalue weighted by Gasteiger charge is 2.16. The maximum Gasteiger partial charge on any atom is 0.0546 e. The Morgan fingerprint density at radius 1 is 0.387 bits per heavy atom. The lowest BCUT2D eigenvalue weighted by molar-refractivity contribution is 1.30. The van der Waals surface area contributed by atoms with Gasteiger partial charge in [0.05, 0.1) is 5.69 Å². The third-order valence-electron chi connectivity index (χ3n) is 5.97. The normalized spacial score (nSPS) is 11.2. The van der Waals surface area contributed by atoms with E-state index in [1.165, 1.54) is 38.0 Å². The fraction of sp³-hybridized carbons (Fsp3) is 0. The largest absolute Gasteiger partial charge is 0.310 e. The van der Waals surface area contributed by atoms with Gasteiger partial charge < -0.3 is 4.90 Å². The van der Waals surface area contributed by atoms with Gasteiger partial charge in [-0.1, -0.05) is 84.9 Å². The lowest BCUT2D eigenvalue weighted by atomic mass is 9.96. The first-order chi connectivity index (χ1) is 15.4. The van der Waals surface area contributed by atoms with E-state index < -0.39 is 0 Å². The first-order valence-electron chi connectivity index (χ1n) is 10.6. The van der Waals surface area contributed by atoms with E-state index in [9.17, 15) is 0 Å². The lowest BCUT2D eigenvalue weighted by Gasteiger charge is -2.27. The summed E-state index contributed by atoms with van der Waals surface area (Å²) in [6.45, 7) is 0. The fourth-order valence-electron chi connectivity index (χ4n) is 4.55. The van der Waals surface area contributed by atoms with Crippen LogP contribution in [0.4, 0.5) is 17.1 Å². The Hall–Kier alpha value is -4.10. The van der Waals surface area contributed by atoms with Crippen LogP contribution in [0.15, 0.2) is 127 Å². The summed E-state index contributed by atoms with van der Waals surface area (Å²) in [7, 11) is 0. The molecule has 0 radical (unpaired) electrons. The third kappa shape index (κ3) is 3.03. The average molecular weight is 396 g/mol. The molecule has 0 spiro atoms. The maximum absolute atomic E-state index is 2.36. The van der Waals surface area contributed by atoms with E-state index in [0.717, 1.165) is 11.4 Å². The molecule has 0 bridgehead atoms. The monoisotopic (exact) mass is 395 g/mol. The average Bonchev–Trinajstić information content (AvgIpc) is 2.84. The van der Waals surface area contributed by atoms with E-state index in [2.05, 4.69) is 132 Å². The van der Waals surface area contributed by atoms with Crippen LogP contribution in [0.25, 0.3) is 32.3 Å². The van der Waals surface area contributed by atoms with Gasteiger partial charge in [-0.15, -0.1) is 0 Å². The van der Waals surface area contributed by atoms with Crippen molar-refractivity contribution < 1.29 is 0 Å². The molecule has 0 heterocycles. The number of hydrogen-bond donors (Lipinski definition) is 0. The quantitative estimate of drug-likeness (QED) is 0.214. The molecule has 0 aromatic heterocycles. The van der Waals surface area contributed by atoms with Crippen molar-refractivity contribution in [2.24, 2.45) is 0 Å². The molecule has 1 heteroatoms. The van der Waals surface area contributed by atoms with E-state index in [1.807, 2.05) is 0 Å². The Bertz CT molecular complexity index is 1480. The van der Waals surface area contributed by atoms with Crippen molar-refractivity contribution in [3.63, 3.8) is 0 Å². The summed E-state index contributed by atoms with van der Waals surface area (Å²) in [6, 6.07) is 45.5. The van der Waals surface area contributed by atoms with E-state index >= 15 is 0 Å². The van der Waals surface area contributed by atoms with E-state index in [0.29, 0.717) is 0 Å². The second-order valence-electron chi connectivity index (χ2n) is 7.87. The predicted octanol–water partition coefficient (Wildman–Crippen LogP) is 8.62. The van der Waals surface area contributed by atoms with Crippen molar-refractivity contribution in [1.29, 1.82) is 0 Å². The van der Waals surface area contributed by atoms with E-state index in [1.54, 1.807) is 0 Å². The summed E-state index contributed by atoms with van der Waals surface area (Å²) in [5.74, 6) is 0. The molecule has 1 nitrogen and oxygen atoms in total. The number of nitrogens with zero attached hydrogens (tertiary/aromatic N) is 1. The minimum atomic E-state index is 1.15. The maximum atomic E-state index is 2.36. The number of rotatable bonds is 3. The highest BCUT2D eigenvalue weighted by Crippen LogP contribution is 2.41. The summed E-state index contributed by atoms with van der Waals surface area (Å²) >= 11 is 0. The van der Waals surface area contributed by atoms with Crippen molar-refractivity contribution in [3.8, 4) is 0 Å². The number of benzene rings is 6. The van der Waals surface area contributed by atoms with Gasteiger partial charge in [0.1, 0.15) is 0 Å². The zero-order chi connectivity index (χ0) is 20.6. The molecular formula is C30H21N. The summed E-state index contributed by atoms with van der Waals surface area (Å²) < 4.78 is 0. The molecule has 6 aromatic carbocycles. The molecule has 146 valence electrons. The van der Waals surface area contributed by atoms with Crippen LogP contribution >= 0.6 is 0 Å². The molecule has 0 aliphatic heterocycles. The summed E-state index contributed by atoms with van der Waals surface area (Å²) in [5, 5.41) is 7.61. The highest BCUT2D eigenvalue weighted by molar-refractivity contribution is 6.17. The standard InChI is InChI=1S/C30H21N/c1-3-13-26(14-4-1)31(27-15-5-2-6-16-27)29-17-9-12-22-18-19-25-20-23-10-7-8-11-24(23)21-28(25)30(22)29/h1-21H. The minimum Gasteiger partial charge on any atom is -0.310 e. The van der Waals surface area contributed by atoms with Gasteiger partial charge in [0.2, 0.25) is 0 Å². The van der Waals surface area contributed by atoms with Crippen LogP contribution in [0.1, 0.15) is 0 Å². The van der Waals surface area contributed by atoms with Crippen LogP contribution in [0.5, 0.6) is 0 Å². The number of anilines is 3. The molecule has 0 amide bonds. The SMILES string of the molecule is c1ccc(N(c2ccccc2)c2cccc3ccc4cc5ccccc5cc4c23)cc1. The van der Waals surface area contributed by atoms with Crippen LogP contribution < -0.4 is 4.90 Å². The Labute approximate surface area is 181 Å². The molecule has 0 aliphatic carbocycles. The molecule has 6 aromatic rings. The molecule has 6 rings (SSSR count). The molecule has 0 fully saturated rings. The smallest absolute Gasteiger partial charge is 0.0546 e.